The molecule has 2 heterocycles. The zero-order valence-electron chi connectivity index (χ0n) is 12.4. The maximum Gasteiger partial charge on any atom is 0.312 e. The summed E-state index contributed by atoms with van der Waals surface area (Å²) in [5, 5.41) is 28.3. The summed E-state index contributed by atoms with van der Waals surface area (Å²) in [6, 6.07) is 0. The molecule has 0 aliphatic carbocycles. The van der Waals surface area contributed by atoms with Crippen LogP contribution in [0.25, 0.3) is 0 Å². The molecule has 0 amide bonds. The molecule has 1 aromatic heterocycles. The largest absolute Gasteiger partial charge is 0.390 e. The molecular weight excluding hydrogens is 276 g/mol. The summed E-state index contributed by atoms with van der Waals surface area (Å²) >= 11 is 0. The first-order valence-corrected chi connectivity index (χ1v) is 7.14. The van der Waals surface area contributed by atoms with Crippen molar-refractivity contribution in [1.29, 1.82) is 0 Å². The van der Waals surface area contributed by atoms with Crippen LogP contribution in [0.4, 0.5) is 5.69 Å². The Kier molecular flexibility index (Phi) is 5.27. The van der Waals surface area contributed by atoms with Crippen LogP contribution < -0.4 is 5.32 Å². The molecular formula is C13H22N4O4. The Bertz CT molecular complexity index is 497. The SMILES string of the molecule is Cc1nn(CC(O)CNCC2CCOC2)c(C)c1[N+](=O)[O-]. The second kappa shape index (κ2) is 6.97. The van der Waals surface area contributed by atoms with E-state index in [-0.39, 0.29) is 12.2 Å². The molecule has 118 valence electrons. The van der Waals surface area contributed by atoms with E-state index in [0.29, 0.717) is 23.9 Å². The van der Waals surface area contributed by atoms with Gasteiger partial charge in [0.2, 0.25) is 0 Å². The van der Waals surface area contributed by atoms with E-state index < -0.39 is 11.0 Å². The van der Waals surface area contributed by atoms with E-state index in [2.05, 4.69) is 10.4 Å². The summed E-state index contributed by atoms with van der Waals surface area (Å²) in [5.41, 5.74) is 0.875. The Balaban J connectivity index is 1.83. The summed E-state index contributed by atoms with van der Waals surface area (Å²) in [6.07, 6.45) is 0.414. The number of hydrogen-bond acceptors (Lipinski definition) is 6. The summed E-state index contributed by atoms with van der Waals surface area (Å²) in [5.74, 6) is 0.506. The van der Waals surface area contributed by atoms with Crippen LogP contribution in [-0.2, 0) is 11.3 Å². The Morgan fingerprint density at radius 2 is 2.38 bits per heavy atom. The van der Waals surface area contributed by atoms with Crippen LogP contribution in [0.3, 0.4) is 0 Å². The highest BCUT2D eigenvalue weighted by Gasteiger charge is 2.23. The van der Waals surface area contributed by atoms with Gasteiger partial charge >= 0.3 is 5.69 Å². The van der Waals surface area contributed by atoms with E-state index in [0.717, 1.165) is 26.2 Å². The van der Waals surface area contributed by atoms with Crippen LogP contribution in [0.1, 0.15) is 17.8 Å². The lowest BCUT2D eigenvalue weighted by Gasteiger charge is -2.14. The molecule has 2 atom stereocenters. The molecule has 1 aliphatic rings. The number of nitrogens with zero attached hydrogens (tertiary/aromatic N) is 3. The summed E-state index contributed by atoms with van der Waals surface area (Å²) in [6.45, 7) is 6.32. The molecule has 1 aromatic rings. The Morgan fingerprint density at radius 1 is 1.62 bits per heavy atom. The second-order valence-corrected chi connectivity index (χ2v) is 5.50. The van der Waals surface area contributed by atoms with Crippen molar-refractivity contribution in [2.24, 2.45) is 5.92 Å². The van der Waals surface area contributed by atoms with Crippen LogP contribution in [0.15, 0.2) is 0 Å². The molecule has 8 nitrogen and oxygen atoms in total. The third-order valence-electron chi connectivity index (χ3n) is 3.75. The second-order valence-electron chi connectivity index (χ2n) is 5.50. The van der Waals surface area contributed by atoms with Crippen LogP contribution in [-0.4, -0.2) is 52.2 Å². The summed E-state index contributed by atoms with van der Waals surface area (Å²) in [4.78, 5) is 10.5. The summed E-state index contributed by atoms with van der Waals surface area (Å²) in [7, 11) is 0. The molecule has 8 heteroatoms. The number of rotatable bonds is 7. The first kappa shape index (κ1) is 15.9. The van der Waals surface area contributed by atoms with Crippen molar-refractivity contribution in [3.63, 3.8) is 0 Å². The zero-order valence-corrected chi connectivity index (χ0v) is 12.4. The predicted octanol–water partition coefficient (Wildman–Crippen LogP) is 0.395. The first-order chi connectivity index (χ1) is 9.99. The van der Waals surface area contributed by atoms with Gasteiger partial charge in [-0.25, -0.2) is 0 Å². The predicted molar refractivity (Wildman–Crippen MR) is 76.2 cm³/mol. The average Bonchev–Trinajstić information content (AvgIpc) is 2.99. The molecule has 2 unspecified atom stereocenters. The lowest BCUT2D eigenvalue weighted by atomic mass is 10.1. The van der Waals surface area contributed by atoms with Crippen molar-refractivity contribution in [3.8, 4) is 0 Å². The molecule has 2 rings (SSSR count). The molecule has 0 bridgehead atoms. The molecule has 0 radical (unpaired) electrons. The highest BCUT2D eigenvalue weighted by atomic mass is 16.6. The molecule has 0 aromatic carbocycles. The first-order valence-electron chi connectivity index (χ1n) is 7.14. The van der Waals surface area contributed by atoms with E-state index in [9.17, 15) is 15.2 Å². The van der Waals surface area contributed by atoms with Gasteiger partial charge in [-0.1, -0.05) is 0 Å². The van der Waals surface area contributed by atoms with Gasteiger partial charge in [0, 0.05) is 19.7 Å². The van der Waals surface area contributed by atoms with Gasteiger partial charge in [0.15, 0.2) is 0 Å². The van der Waals surface area contributed by atoms with Crippen molar-refractivity contribution in [2.45, 2.75) is 32.9 Å². The molecule has 0 saturated carbocycles. The monoisotopic (exact) mass is 298 g/mol. The standard InChI is InChI=1S/C13H22N4O4/c1-9-13(17(19)20)10(2)16(15-9)7-12(18)6-14-5-11-3-4-21-8-11/h11-12,14,18H,3-8H2,1-2H3. The molecule has 2 N–H and O–H groups in total. The fourth-order valence-electron chi connectivity index (χ4n) is 2.59. The number of nitrogens with one attached hydrogen (secondary N) is 1. The Morgan fingerprint density at radius 3 is 2.95 bits per heavy atom. The van der Waals surface area contributed by atoms with Gasteiger partial charge in [0.1, 0.15) is 11.4 Å². The fraction of sp³-hybridized carbons (Fsp3) is 0.769. The van der Waals surface area contributed by atoms with E-state index in [4.69, 9.17) is 4.74 Å². The number of aliphatic hydroxyl groups excluding tert-OH is 1. The summed E-state index contributed by atoms with van der Waals surface area (Å²) < 4.78 is 6.78. The van der Waals surface area contributed by atoms with Gasteiger partial charge in [0.25, 0.3) is 0 Å². The van der Waals surface area contributed by atoms with Gasteiger partial charge in [-0.2, -0.15) is 5.10 Å². The number of hydrogen-bond donors (Lipinski definition) is 2. The minimum Gasteiger partial charge on any atom is -0.390 e. The van der Waals surface area contributed by atoms with Crippen molar-refractivity contribution >= 4 is 5.69 Å². The normalized spacial score (nSPS) is 19.9. The van der Waals surface area contributed by atoms with E-state index in [1.807, 2.05) is 0 Å². The Hall–Kier alpha value is -1.51. The van der Waals surface area contributed by atoms with Crippen molar-refractivity contribution < 1.29 is 14.8 Å². The number of ether oxygens (including phenoxy) is 1. The maximum absolute atomic E-state index is 10.9. The highest BCUT2D eigenvalue weighted by Crippen LogP contribution is 2.21. The van der Waals surface area contributed by atoms with Crippen LogP contribution in [0.2, 0.25) is 0 Å². The van der Waals surface area contributed by atoms with Gasteiger partial charge in [-0.05, 0) is 26.2 Å². The van der Waals surface area contributed by atoms with Crippen molar-refractivity contribution in [1.82, 2.24) is 15.1 Å². The highest BCUT2D eigenvalue weighted by molar-refractivity contribution is 5.39. The average molecular weight is 298 g/mol. The van der Waals surface area contributed by atoms with Crippen LogP contribution >= 0.6 is 0 Å². The molecule has 1 fully saturated rings. The lowest BCUT2D eigenvalue weighted by molar-refractivity contribution is -0.386. The number of aromatic nitrogens is 2. The van der Waals surface area contributed by atoms with Gasteiger partial charge in [0.05, 0.1) is 24.2 Å². The van der Waals surface area contributed by atoms with E-state index in [1.54, 1.807) is 13.8 Å². The van der Waals surface area contributed by atoms with E-state index in [1.165, 1.54) is 4.68 Å². The zero-order chi connectivity index (χ0) is 15.4. The topological polar surface area (TPSA) is 102 Å². The minimum atomic E-state index is -0.634. The van der Waals surface area contributed by atoms with Gasteiger partial charge in [-0.15, -0.1) is 0 Å². The maximum atomic E-state index is 10.9. The minimum absolute atomic E-state index is 0.0262. The third kappa shape index (κ3) is 3.99. The molecule has 0 spiro atoms. The fourth-order valence-corrected chi connectivity index (χ4v) is 2.59. The quantitative estimate of drug-likeness (QED) is 0.558. The third-order valence-corrected chi connectivity index (χ3v) is 3.75. The van der Waals surface area contributed by atoms with Crippen molar-refractivity contribution in [2.75, 3.05) is 26.3 Å². The lowest BCUT2D eigenvalue weighted by Crippen LogP contribution is -2.34. The number of aliphatic hydroxyl groups is 1. The molecule has 21 heavy (non-hydrogen) atoms. The van der Waals surface area contributed by atoms with Gasteiger partial charge in [-0.3, -0.25) is 14.8 Å². The van der Waals surface area contributed by atoms with E-state index >= 15 is 0 Å². The molecule has 1 saturated heterocycles. The molecule has 1 aliphatic heterocycles. The van der Waals surface area contributed by atoms with Gasteiger partial charge < -0.3 is 15.2 Å². The van der Waals surface area contributed by atoms with Crippen LogP contribution in [0, 0.1) is 29.9 Å². The smallest absolute Gasteiger partial charge is 0.312 e. The Labute approximate surface area is 123 Å². The number of aryl methyl sites for hydroxylation is 1. The van der Waals surface area contributed by atoms with Crippen LogP contribution in [0.5, 0.6) is 0 Å². The number of nitro groups is 1. The van der Waals surface area contributed by atoms with Crippen molar-refractivity contribution in [3.05, 3.63) is 21.5 Å².